The van der Waals surface area contributed by atoms with E-state index >= 15 is 0 Å². The lowest BCUT2D eigenvalue weighted by Gasteiger charge is -2.01. The first kappa shape index (κ1) is 8.12. The van der Waals surface area contributed by atoms with E-state index in [0.717, 1.165) is 23.3 Å². The van der Waals surface area contributed by atoms with E-state index in [2.05, 4.69) is 20.1 Å². The zero-order valence-corrected chi connectivity index (χ0v) is 7.18. The number of hydrogen-bond donors (Lipinski definition) is 0. The van der Waals surface area contributed by atoms with Crippen molar-refractivity contribution in [3.63, 3.8) is 0 Å². The molecule has 1 atom stereocenters. The van der Waals surface area contributed by atoms with Crippen LogP contribution in [0.4, 0.5) is 0 Å². The third-order valence-corrected chi connectivity index (χ3v) is 2.18. The van der Waals surface area contributed by atoms with Gasteiger partial charge in [-0.2, -0.15) is 0 Å². The highest BCUT2D eigenvalue weighted by molar-refractivity contribution is 5.45. The van der Waals surface area contributed by atoms with Crippen LogP contribution in [0.15, 0.2) is 36.1 Å². The molecule has 0 aromatic heterocycles. The van der Waals surface area contributed by atoms with Crippen molar-refractivity contribution in [2.75, 3.05) is 7.11 Å². The highest BCUT2D eigenvalue weighted by Crippen LogP contribution is 2.35. The molecular weight excluding hydrogens is 136 g/mol. The molecule has 60 valence electrons. The highest BCUT2D eigenvalue weighted by Gasteiger charge is 2.23. The summed E-state index contributed by atoms with van der Waals surface area (Å²) < 4.78 is 5.20. The molecule has 0 saturated carbocycles. The van der Waals surface area contributed by atoms with Gasteiger partial charge >= 0.3 is 0 Å². The molecule has 0 spiro atoms. The fraction of sp³-hybridized carbons (Fsp3) is 0.400. The second-order valence-corrected chi connectivity index (χ2v) is 2.88. The predicted molar refractivity (Wildman–Crippen MR) is 47.2 cm³/mol. The van der Waals surface area contributed by atoms with E-state index in [1.54, 1.807) is 7.11 Å². The van der Waals surface area contributed by atoms with E-state index in [4.69, 9.17) is 4.74 Å². The van der Waals surface area contributed by atoms with E-state index in [1.807, 2.05) is 6.08 Å². The van der Waals surface area contributed by atoms with Crippen molar-refractivity contribution in [2.45, 2.75) is 13.3 Å². The fourth-order valence-corrected chi connectivity index (χ4v) is 1.39. The monoisotopic (exact) mass is 150 g/mol. The van der Waals surface area contributed by atoms with Gasteiger partial charge in [0.05, 0.1) is 7.11 Å². The number of allylic oxidation sites excluding steroid dienone is 4. The van der Waals surface area contributed by atoms with Crippen LogP contribution in [0, 0.1) is 5.92 Å². The topological polar surface area (TPSA) is 9.23 Å². The van der Waals surface area contributed by atoms with Crippen LogP contribution >= 0.6 is 0 Å². The van der Waals surface area contributed by atoms with Crippen molar-refractivity contribution in [3.05, 3.63) is 36.1 Å². The van der Waals surface area contributed by atoms with Gasteiger partial charge in [-0.3, -0.25) is 0 Å². The van der Waals surface area contributed by atoms with Gasteiger partial charge in [-0.15, -0.1) is 0 Å². The Kier molecular flexibility index (Phi) is 2.18. The van der Waals surface area contributed by atoms with Crippen LogP contribution in [-0.2, 0) is 4.74 Å². The van der Waals surface area contributed by atoms with Crippen molar-refractivity contribution in [3.8, 4) is 0 Å². The Morgan fingerprint density at radius 1 is 1.64 bits per heavy atom. The minimum Gasteiger partial charge on any atom is -0.500 e. The summed E-state index contributed by atoms with van der Waals surface area (Å²) in [7, 11) is 1.70. The summed E-state index contributed by atoms with van der Waals surface area (Å²) in [5.41, 5.74) is 2.25. The van der Waals surface area contributed by atoms with Gasteiger partial charge in [-0.05, 0) is 11.5 Å². The predicted octanol–water partition coefficient (Wildman–Crippen LogP) is 2.67. The van der Waals surface area contributed by atoms with Gasteiger partial charge in [0.15, 0.2) is 0 Å². The van der Waals surface area contributed by atoms with Crippen LogP contribution in [0.2, 0.25) is 0 Å². The van der Waals surface area contributed by atoms with Crippen LogP contribution in [0.3, 0.4) is 0 Å². The van der Waals surface area contributed by atoms with Crippen LogP contribution in [-0.4, -0.2) is 7.11 Å². The van der Waals surface area contributed by atoms with Crippen LogP contribution in [0.25, 0.3) is 0 Å². The minimum absolute atomic E-state index is 0.512. The summed E-state index contributed by atoms with van der Waals surface area (Å²) in [6, 6.07) is 0. The molecule has 0 fully saturated rings. The van der Waals surface area contributed by atoms with Crippen molar-refractivity contribution in [1.29, 1.82) is 0 Å². The molecule has 11 heavy (non-hydrogen) atoms. The first-order chi connectivity index (χ1) is 5.20. The molecule has 1 nitrogen and oxygen atoms in total. The molecule has 0 aromatic carbocycles. The Morgan fingerprint density at radius 3 is 2.64 bits per heavy atom. The standard InChI is InChI=1S/C10H14O/c1-5-9-8(3)7(2)6-10(9)11-4/h5,7H,1,3,6H2,2,4H3. The molecular formula is C10H14O. The van der Waals surface area contributed by atoms with Crippen molar-refractivity contribution in [2.24, 2.45) is 5.92 Å². The van der Waals surface area contributed by atoms with Crippen molar-refractivity contribution >= 4 is 0 Å². The second-order valence-electron chi connectivity index (χ2n) is 2.88. The Labute approximate surface area is 68.1 Å². The lowest BCUT2D eigenvalue weighted by Crippen LogP contribution is -1.89. The molecule has 0 heterocycles. The van der Waals surface area contributed by atoms with Gasteiger partial charge < -0.3 is 4.74 Å². The van der Waals surface area contributed by atoms with Gasteiger partial charge in [0.1, 0.15) is 5.76 Å². The van der Waals surface area contributed by atoms with E-state index in [1.165, 1.54) is 0 Å². The summed E-state index contributed by atoms with van der Waals surface area (Å²) in [6.07, 6.45) is 2.79. The lowest BCUT2D eigenvalue weighted by molar-refractivity contribution is 0.274. The molecule has 1 heteroatoms. The minimum atomic E-state index is 0.512. The maximum absolute atomic E-state index is 5.20. The Hall–Kier alpha value is -0.980. The first-order valence-corrected chi connectivity index (χ1v) is 3.79. The van der Waals surface area contributed by atoms with E-state index < -0.39 is 0 Å². The maximum Gasteiger partial charge on any atom is 0.104 e. The first-order valence-electron chi connectivity index (χ1n) is 3.79. The van der Waals surface area contributed by atoms with E-state index in [0.29, 0.717) is 5.92 Å². The fourth-order valence-electron chi connectivity index (χ4n) is 1.39. The quantitative estimate of drug-likeness (QED) is 0.588. The maximum atomic E-state index is 5.20. The molecule has 1 aliphatic carbocycles. The van der Waals surface area contributed by atoms with E-state index in [-0.39, 0.29) is 0 Å². The average Bonchev–Trinajstić information content (AvgIpc) is 2.28. The molecule has 0 aromatic rings. The molecule has 0 aliphatic heterocycles. The Balaban J connectivity index is 2.95. The number of hydrogen-bond acceptors (Lipinski definition) is 1. The zero-order valence-electron chi connectivity index (χ0n) is 7.18. The second kappa shape index (κ2) is 2.95. The average molecular weight is 150 g/mol. The molecule has 0 bridgehead atoms. The lowest BCUT2D eigenvalue weighted by atomic mass is 10.0. The molecule has 1 unspecified atom stereocenters. The summed E-state index contributed by atoms with van der Waals surface area (Å²) in [5.74, 6) is 1.54. The largest absolute Gasteiger partial charge is 0.500 e. The molecule has 0 amide bonds. The summed E-state index contributed by atoms with van der Waals surface area (Å²) >= 11 is 0. The molecule has 1 aliphatic rings. The Morgan fingerprint density at radius 2 is 2.27 bits per heavy atom. The number of ether oxygens (including phenoxy) is 1. The Bertz CT molecular complexity index is 223. The van der Waals surface area contributed by atoms with E-state index in [9.17, 15) is 0 Å². The van der Waals surface area contributed by atoms with Gasteiger partial charge in [0.2, 0.25) is 0 Å². The highest BCUT2D eigenvalue weighted by atomic mass is 16.5. The van der Waals surface area contributed by atoms with Crippen LogP contribution in [0.1, 0.15) is 13.3 Å². The number of methoxy groups -OCH3 is 1. The van der Waals surface area contributed by atoms with Gasteiger partial charge in [0.25, 0.3) is 0 Å². The normalized spacial score (nSPS) is 24.2. The third-order valence-electron chi connectivity index (χ3n) is 2.18. The van der Waals surface area contributed by atoms with Gasteiger partial charge in [-0.25, -0.2) is 0 Å². The summed E-state index contributed by atoms with van der Waals surface area (Å²) in [4.78, 5) is 0. The molecule has 0 saturated heterocycles. The van der Waals surface area contributed by atoms with Crippen LogP contribution in [0.5, 0.6) is 0 Å². The smallest absolute Gasteiger partial charge is 0.104 e. The molecule has 0 N–H and O–H groups in total. The third kappa shape index (κ3) is 1.23. The van der Waals surface area contributed by atoms with Gasteiger partial charge in [-0.1, -0.05) is 26.2 Å². The molecule has 0 radical (unpaired) electrons. The molecule has 1 rings (SSSR count). The zero-order chi connectivity index (χ0) is 8.43. The van der Waals surface area contributed by atoms with Gasteiger partial charge in [0, 0.05) is 12.0 Å². The van der Waals surface area contributed by atoms with Crippen molar-refractivity contribution in [1.82, 2.24) is 0 Å². The summed E-state index contributed by atoms with van der Waals surface area (Å²) in [5, 5.41) is 0. The number of rotatable bonds is 2. The van der Waals surface area contributed by atoms with Crippen LogP contribution < -0.4 is 0 Å². The summed E-state index contributed by atoms with van der Waals surface area (Å²) in [6.45, 7) is 9.85. The van der Waals surface area contributed by atoms with Crippen molar-refractivity contribution < 1.29 is 4.74 Å². The SMILES string of the molecule is C=CC1=C(OC)CC(C)C1=C.